The van der Waals surface area contributed by atoms with Crippen LogP contribution in [0.4, 0.5) is 0 Å². The summed E-state index contributed by atoms with van der Waals surface area (Å²) in [7, 11) is 4.01. The van der Waals surface area contributed by atoms with E-state index in [-0.39, 0.29) is 51.9 Å². The predicted octanol–water partition coefficient (Wildman–Crippen LogP) is 7.78. The van der Waals surface area contributed by atoms with Gasteiger partial charge in [0.1, 0.15) is 6.10 Å². The molecule has 1 amide bonds. The molecule has 0 aromatic carbocycles. The Hall–Kier alpha value is -3.08. The van der Waals surface area contributed by atoms with Gasteiger partial charge in [0.05, 0.1) is 11.8 Å². The Labute approximate surface area is 328 Å². The fourth-order valence-electron chi connectivity index (χ4n) is 13.1. The van der Waals surface area contributed by atoms with Crippen molar-refractivity contribution in [2.45, 2.75) is 139 Å². The molecule has 5 aliphatic carbocycles. The maximum absolute atomic E-state index is 14.1. The van der Waals surface area contributed by atoms with Gasteiger partial charge < -0.3 is 24.1 Å². The molecule has 1 aromatic heterocycles. The number of ether oxygens (including phenoxy) is 1. The number of carboxylic acids is 1. The lowest BCUT2D eigenvalue weighted by molar-refractivity contribution is -0.213. The van der Waals surface area contributed by atoms with Gasteiger partial charge in [0.2, 0.25) is 5.89 Å². The first-order chi connectivity index (χ1) is 25.6. The Morgan fingerprint density at radius 1 is 0.927 bits per heavy atom. The van der Waals surface area contributed by atoms with E-state index in [4.69, 9.17) is 9.15 Å². The van der Waals surface area contributed by atoms with Gasteiger partial charge in [-0.05, 0) is 132 Å². The molecule has 11 nitrogen and oxygen atoms in total. The Morgan fingerprint density at radius 3 is 2.24 bits per heavy atom. The van der Waals surface area contributed by atoms with E-state index >= 15 is 0 Å². The molecule has 11 heteroatoms. The first-order valence-electron chi connectivity index (χ1n) is 21.0. The summed E-state index contributed by atoms with van der Waals surface area (Å²) in [6.45, 7) is 20.6. The number of fused-ring (bicyclic) bond motifs is 7. The monoisotopic (exact) mass is 765 g/mol. The molecule has 55 heavy (non-hydrogen) atoms. The molecule has 5 aliphatic rings. The highest BCUT2D eigenvalue weighted by Crippen LogP contribution is 2.73. The molecule has 1 aromatic rings. The van der Waals surface area contributed by atoms with E-state index in [9.17, 15) is 24.3 Å². The number of allylic oxidation sites excluding steroid dienone is 2. The number of ketones is 1. The van der Waals surface area contributed by atoms with Crippen LogP contribution >= 0.6 is 0 Å². The lowest BCUT2D eigenvalue weighted by Gasteiger charge is -2.69. The number of Topliss-reactive ketones (excluding diaryl/α,β-unsaturated/α-hetero) is 1. The van der Waals surface area contributed by atoms with Gasteiger partial charge in [0.15, 0.2) is 5.78 Å². The van der Waals surface area contributed by atoms with Crippen molar-refractivity contribution in [3.63, 3.8) is 0 Å². The second-order valence-electron chi connectivity index (χ2n) is 20.5. The molecule has 8 unspecified atom stereocenters. The molecule has 0 saturated heterocycles. The average molecular weight is 765 g/mol. The molecular weight excluding hydrogens is 697 g/mol. The molecular formula is C44H68N4O7. The fourth-order valence-corrected chi connectivity index (χ4v) is 13.1. The number of hydrogen-bond donors (Lipinski definition) is 1. The quantitative estimate of drug-likeness (QED) is 0.210. The van der Waals surface area contributed by atoms with Crippen LogP contribution in [0.1, 0.15) is 143 Å². The van der Waals surface area contributed by atoms with Gasteiger partial charge >= 0.3 is 23.7 Å². The van der Waals surface area contributed by atoms with Crippen LogP contribution in [-0.2, 0) is 19.1 Å². The van der Waals surface area contributed by atoms with Crippen LogP contribution in [0.25, 0.3) is 0 Å². The predicted molar refractivity (Wildman–Crippen MR) is 209 cm³/mol. The Bertz CT molecular complexity index is 1710. The topological polar surface area (TPSA) is 143 Å². The number of rotatable bonds is 12. The molecule has 0 aliphatic heterocycles. The standard InChI is InChI=1S/C44H68N4O7/c1-26(2)35-30(49)24-44(20-21-48(23-22-47(10)11)38(51)37-46-45-27(3)54-37)19-14-29-28(36(35)44)12-13-32-42(29,8)17-15-31-41(6,7)33(16-18-43(31,32)9)55-34(50)25-40(4,5)39(52)53/h26,28-29,31-33H,12-25H2,1-11H3,(H,52,53). The number of carboxylic acid groups (broad SMARTS) is 1. The maximum Gasteiger partial charge on any atom is 0.311 e. The number of amides is 1. The first kappa shape index (κ1) is 41.6. The van der Waals surface area contributed by atoms with Crippen molar-refractivity contribution in [1.29, 1.82) is 0 Å². The van der Waals surface area contributed by atoms with Crippen LogP contribution in [0.2, 0.25) is 0 Å². The van der Waals surface area contributed by atoms with E-state index in [1.807, 2.05) is 19.0 Å². The van der Waals surface area contributed by atoms with Crippen molar-refractivity contribution in [1.82, 2.24) is 20.0 Å². The normalized spacial score (nSPS) is 34.2. The van der Waals surface area contributed by atoms with Crippen molar-refractivity contribution in [3.05, 3.63) is 22.9 Å². The molecule has 306 valence electrons. The summed E-state index contributed by atoms with van der Waals surface area (Å²) in [5, 5.41) is 17.6. The number of nitrogens with zero attached hydrogens (tertiary/aromatic N) is 4. The van der Waals surface area contributed by atoms with Crippen molar-refractivity contribution in [2.75, 3.05) is 33.7 Å². The summed E-state index contributed by atoms with van der Waals surface area (Å²) >= 11 is 0. The Morgan fingerprint density at radius 2 is 1.62 bits per heavy atom. The third-order valence-corrected chi connectivity index (χ3v) is 15.8. The van der Waals surface area contributed by atoms with Gasteiger partial charge in [0, 0.05) is 43.8 Å². The number of aryl methyl sites for hydroxylation is 1. The van der Waals surface area contributed by atoms with Crippen LogP contribution in [0.15, 0.2) is 15.6 Å². The van der Waals surface area contributed by atoms with Crippen LogP contribution in [-0.4, -0.2) is 88.6 Å². The molecule has 0 bridgehead atoms. The number of carbonyl (C=O) groups is 4. The molecule has 6 rings (SSSR count). The molecule has 4 saturated carbocycles. The van der Waals surface area contributed by atoms with Gasteiger partial charge in [-0.3, -0.25) is 19.2 Å². The van der Waals surface area contributed by atoms with Gasteiger partial charge in [-0.25, -0.2) is 0 Å². The number of aliphatic carboxylic acids is 1. The minimum Gasteiger partial charge on any atom is -0.481 e. The number of hydrogen-bond acceptors (Lipinski definition) is 9. The van der Waals surface area contributed by atoms with Gasteiger partial charge in [-0.15, -0.1) is 10.2 Å². The molecule has 0 spiro atoms. The summed E-state index contributed by atoms with van der Waals surface area (Å²) in [6.07, 6.45) is 9.06. The van der Waals surface area contributed by atoms with Gasteiger partial charge in [0.25, 0.3) is 0 Å². The summed E-state index contributed by atoms with van der Waals surface area (Å²) in [5.41, 5.74) is 1.03. The zero-order valence-corrected chi connectivity index (χ0v) is 35.5. The van der Waals surface area contributed by atoms with Crippen LogP contribution < -0.4 is 0 Å². The summed E-state index contributed by atoms with van der Waals surface area (Å²) in [5.74, 6) is 0.905. The first-order valence-corrected chi connectivity index (χ1v) is 21.0. The second kappa shape index (κ2) is 14.7. The van der Waals surface area contributed by atoms with E-state index in [1.165, 1.54) is 5.57 Å². The molecule has 8 atom stereocenters. The molecule has 1 heterocycles. The van der Waals surface area contributed by atoms with Crippen molar-refractivity contribution in [2.24, 2.45) is 56.7 Å². The number of likely N-dealkylation sites (N-methyl/N-ethyl adjacent to an activating group) is 1. The van der Waals surface area contributed by atoms with E-state index in [1.54, 1.807) is 20.8 Å². The number of esters is 1. The summed E-state index contributed by atoms with van der Waals surface area (Å²) < 4.78 is 11.7. The average Bonchev–Trinajstić information content (AvgIpc) is 3.65. The summed E-state index contributed by atoms with van der Waals surface area (Å²) in [6, 6.07) is 0. The Balaban J connectivity index is 1.25. The van der Waals surface area contributed by atoms with Crippen LogP contribution in [0, 0.1) is 63.6 Å². The van der Waals surface area contributed by atoms with Crippen LogP contribution in [0.3, 0.4) is 0 Å². The van der Waals surface area contributed by atoms with E-state index in [0.29, 0.717) is 61.4 Å². The zero-order valence-electron chi connectivity index (χ0n) is 35.5. The summed E-state index contributed by atoms with van der Waals surface area (Å²) in [4.78, 5) is 56.6. The lowest BCUT2D eigenvalue weighted by Crippen LogP contribution is -2.63. The number of carbonyl (C=O) groups excluding carboxylic acids is 3. The van der Waals surface area contributed by atoms with Gasteiger partial charge in [-0.1, -0.05) is 47.1 Å². The second-order valence-corrected chi connectivity index (χ2v) is 20.5. The highest BCUT2D eigenvalue weighted by atomic mass is 16.5. The van der Waals surface area contributed by atoms with Gasteiger partial charge in [-0.2, -0.15) is 0 Å². The highest BCUT2D eigenvalue weighted by Gasteiger charge is 2.66. The minimum atomic E-state index is -1.17. The fraction of sp³-hybridized carbons (Fsp3) is 0.818. The third-order valence-electron chi connectivity index (χ3n) is 15.8. The molecule has 0 radical (unpaired) electrons. The highest BCUT2D eigenvalue weighted by molar-refractivity contribution is 6.00. The van der Waals surface area contributed by atoms with E-state index in [0.717, 1.165) is 63.4 Å². The largest absolute Gasteiger partial charge is 0.481 e. The lowest BCUT2D eigenvalue weighted by atomic mass is 9.36. The third kappa shape index (κ3) is 7.22. The van der Waals surface area contributed by atoms with Crippen LogP contribution in [0.5, 0.6) is 0 Å². The van der Waals surface area contributed by atoms with Crippen molar-refractivity contribution >= 4 is 23.6 Å². The van der Waals surface area contributed by atoms with E-state index in [2.05, 4.69) is 56.6 Å². The smallest absolute Gasteiger partial charge is 0.311 e. The zero-order chi connectivity index (χ0) is 40.5. The number of aromatic nitrogens is 2. The molecule has 1 N–H and O–H groups in total. The SMILES string of the molecule is Cc1nnc(C(=O)N(CCN(C)C)CCC23CCC4C(CCC5C4(C)CCC4C(C)(C)C(OC(=O)CC(C)(C)C(=O)O)CCC45C)C2=C(C(C)C)C(=O)C3)o1. The van der Waals surface area contributed by atoms with E-state index < -0.39 is 17.4 Å². The Kier molecular flexibility index (Phi) is 11.1. The van der Waals surface area contributed by atoms with Crippen molar-refractivity contribution < 1.29 is 33.4 Å². The minimum absolute atomic E-state index is 0.0199. The maximum atomic E-state index is 14.1. The molecule has 4 fully saturated rings. The van der Waals surface area contributed by atoms with Crippen molar-refractivity contribution in [3.8, 4) is 0 Å².